The lowest BCUT2D eigenvalue weighted by Crippen LogP contribution is -2.40. The SMILES string of the molecule is CS(=O)(=O)CCOc1cccc(NC(=O)/C=C/c2ccc(S(=O)(=O)N3CCOCC3)cc2)c1. The van der Waals surface area contributed by atoms with Crippen molar-refractivity contribution in [1.82, 2.24) is 4.31 Å². The van der Waals surface area contributed by atoms with E-state index in [2.05, 4.69) is 5.32 Å². The second-order valence-electron chi connectivity index (χ2n) is 7.41. The van der Waals surface area contributed by atoms with Gasteiger partial charge in [-0.2, -0.15) is 4.31 Å². The van der Waals surface area contributed by atoms with Gasteiger partial charge < -0.3 is 14.8 Å². The van der Waals surface area contributed by atoms with Crippen LogP contribution in [0.25, 0.3) is 6.08 Å². The van der Waals surface area contributed by atoms with Crippen LogP contribution in [0.5, 0.6) is 5.75 Å². The maximum absolute atomic E-state index is 12.7. The molecule has 1 heterocycles. The molecule has 0 spiro atoms. The summed E-state index contributed by atoms with van der Waals surface area (Å²) in [6, 6.07) is 12.9. The summed E-state index contributed by atoms with van der Waals surface area (Å²) in [4.78, 5) is 12.4. The standard InChI is InChI=1S/C22H26N2O7S2/c1-32(26,27)16-15-31-20-4-2-3-19(17-20)23-22(25)10-7-18-5-8-21(9-6-18)33(28,29)24-11-13-30-14-12-24/h2-10,17H,11-16H2,1H3,(H,23,25)/b10-7+. The number of sulfonamides is 1. The van der Waals surface area contributed by atoms with E-state index in [1.165, 1.54) is 22.5 Å². The maximum Gasteiger partial charge on any atom is 0.248 e. The number of carbonyl (C=O) groups excluding carboxylic acids is 1. The summed E-state index contributed by atoms with van der Waals surface area (Å²) in [5.74, 6) is -0.0374. The summed E-state index contributed by atoms with van der Waals surface area (Å²) in [5, 5.41) is 2.70. The van der Waals surface area contributed by atoms with Gasteiger partial charge in [-0.05, 0) is 35.9 Å². The van der Waals surface area contributed by atoms with Gasteiger partial charge in [0.1, 0.15) is 12.4 Å². The molecule has 3 rings (SSSR count). The first-order valence-electron chi connectivity index (χ1n) is 10.2. The number of ether oxygens (including phenoxy) is 2. The second kappa shape index (κ2) is 10.9. The zero-order chi connectivity index (χ0) is 23.9. The van der Waals surface area contributed by atoms with E-state index in [1.54, 1.807) is 42.5 Å². The number of benzene rings is 2. The van der Waals surface area contributed by atoms with Crippen LogP contribution in [0.3, 0.4) is 0 Å². The summed E-state index contributed by atoms with van der Waals surface area (Å²) in [6.45, 7) is 1.44. The van der Waals surface area contributed by atoms with Crippen molar-refractivity contribution in [3.63, 3.8) is 0 Å². The summed E-state index contributed by atoms with van der Waals surface area (Å²) in [7, 11) is -6.68. The summed E-state index contributed by atoms with van der Waals surface area (Å²) in [5.41, 5.74) is 1.16. The molecule has 11 heteroatoms. The fourth-order valence-electron chi connectivity index (χ4n) is 3.02. The van der Waals surface area contributed by atoms with Crippen molar-refractivity contribution in [2.45, 2.75) is 4.90 Å². The first-order valence-corrected chi connectivity index (χ1v) is 13.7. The highest BCUT2D eigenvalue weighted by Crippen LogP contribution is 2.19. The van der Waals surface area contributed by atoms with E-state index in [0.717, 1.165) is 6.26 Å². The van der Waals surface area contributed by atoms with Gasteiger partial charge in [0.05, 0.1) is 23.9 Å². The van der Waals surface area contributed by atoms with Crippen LogP contribution in [0.4, 0.5) is 5.69 Å². The molecular weight excluding hydrogens is 468 g/mol. The average Bonchev–Trinajstić information content (AvgIpc) is 2.78. The van der Waals surface area contributed by atoms with Crippen LogP contribution >= 0.6 is 0 Å². The molecule has 178 valence electrons. The van der Waals surface area contributed by atoms with E-state index in [0.29, 0.717) is 43.3 Å². The Morgan fingerprint density at radius 3 is 2.45 bits per heavy atom. The van der Waals surface area contributed by atoms with Crippen molar-refractivity contribution in [2.24, 2.45) is 0 Å². The number of rotatable bonds is 9. The number of hydrogen-bond acceptors (Lipinski definition) is 7. The molecule has 0 unspecified atom stereocenters. The van der Waals surface area contributed by atoms with Gasteiger partial charge in [-0.25, -0.2) is 16.8 Å². The molecule has 0 atom stereocenters. The molecule has 33 heavy (non-hydrogen) atoms. The number of anilines is 1. The molecule has 1 N–H and O–H groups in total. The van der Waals surface area contributed by atoms with E-state index in [4.69, 9.17) is 9.47 Å². The van der Waals surface area contributed by atoms with E-state index >= 15 is 0 Å². The Kier molecular flexibility index (Phi) is 8.25. The first kappa shape index (κ1) is 24.9. The Morgan fingerprint density at radius 2 is 1.79 bits per heavy atom. The largest absolute Gasteiger partial charge is 0.492 e. The third kappa shape index (κ3) is 7.67. The molecule has 9 nitrogen and oxygen atoms in total. The highest BCUT2D eigenvalue weighted by molar-refractivity contribution is 7.90. The fourth-order valence-corrected chi connectivity index (χ4v) is 4.81. The van der Waals surface area contributed by atoms with Crippen LogP contribution in [0, 0.1) is 0 Å². The molecule has 1 aliphatic heterocycles. The van der Waals surface area contributed by atoms with Crippen LogP contribution in [-0.2, 0) is 29.4 Å². The van der Waals surface area contributed by atoms with Gasteiger partial charge in [-0.1, -0.05) is 18.2 Å². The van der Waals surface area contributed by atoms with Gasteiger partial charge in [0.15, 0.2) is 9.84 Å². The van der Waals surface area contributed by atoms with Crippen molar-refractivity contribution in [3.05, 3.63) is 60.2 Å². The molecule has 1 aliphatic rings. The van der Waals surface area contributed by atoms with Gasteiger partial charge in [0.25, 0.3) is 0 Å². The molecule has 0 aliphatic carbocycles. The van der Waals surface area contributed by atoms with Gasteiger partial charge in [0.2, 0.25) is 15.9 Å². The molecule has 0 saturated carbocycles. The average molecular weight is 495 g/mol. The Labute approximate surface area is 194 Å². The first-order chi connectivity index (χ1) is 15.6. The quantitative estimate of drug-likeness (QED) is 0.528. The second-order valence-corrected chi connectivity index (χ2v) is 11.6. The minimum atomic E-state index is -3.57. The minimum absolute atomic E-state index is 0.0212. The Balaban J connectivity index is 1.57. The summed E-state index contributed by atoms with van der Waals surface area (Å²) < 4.78 is 59.7. The Hall–Kier alpha value is -2.73. The van der Waals surface area contributed by atoms with Crippen LogP contribution in [0.15, 0.2) is 59.5 Å². The maximum atomic E-state index is 12.7. The molecule has 0 radical (unpaired) electrons. The number of hydrogen-bond donors (Lipinski definition) is 1. The summed E-state index contributed by atoms with van der Waals surface area (Å²) in [6.07, 6.45) is 4.05. The predicted molar refractivity (Wildman–Crippen MR) is 125 cm³/mol. The van der Waals surface area contributed by atoms with Gasteiger partial charge in [0, 0.05) is 37.2 Å². The van der Waals surface area contributed by atoms with Crippen LogP contribution in [0.2, 0.25) is 0 Å². The topological polar surface area (TPSA) is 119 Å². The van der Waals surface area contributed by atoms with Crippen molar-refractivity contribution in [1.29, 1.82) is 0 Å². The van der Waals surface area contributed by atoms with E-state index in [9.17, 15) is 21.6 Å². The smallest absolute Gasteiger partial charge is 0.248 e. The highest BCUT2D eigenvalue weighted by Gasteiger charge is 2.25. The van der Waals surface area contributed by atoms with Crippen molar-refractivity contribution in [2.75, 3.05) is 50.2 Å². The molecule has 0 aromatic heterocycles. The van der Waals surface area contributed by atoms with Gasteiger partial charge in [-0.3, -0.25) is 4.79 Å². The number of sulfone groups is 1. The van der Waals surface area contributed by atoms with Gasteiger partial charge in [-0.15, -0.1) is 0 Å². The van der Waals surface area contributed by atoms with Crippen molar-refractivity contribution < 1.29 is 31.1 Å². The molecule has 0 bridgehead atoms. The third-order valence-corrected chi connectivity index (χ3v) is 7.56. The fraction of sp³-hybridized carbons (Fsp3) is 0.318. The monoisotopic (exact) mass is 494 g/mol. The number of morpholine rings is 1. The van der Waals surface area contributed by atoms with Crippen molar-refractivity contribution in [3.8, 4) is 5.75 Å². The summed E-state index contributed by atoms with van der Waals surface area (Å²) >= 11 is 0. The van der Waals surface area contributed by atoms with Crippen LogP contribution < -0.4 is 10.1 Å². The van der Waals surface area contributed by atoms with Crippen LogP contribution in [0.1, 0.15) is 5.56 Å². The lowest BCUT2D eigenvalue weighted by molar-refractivity contribution is -0.111. The number of nitrogens with zero attached hydrogens (tertiary/aromatic N) is 1. The minimum Gasteiger partial charge on any atom is -0.492 e. The molecule has 1 fully saturated rings. The van der Waals surface area contributed by atoms with Gasteiger partial charge >= 0.3 is 0 Å². The van der Waals surface area contributed by atoms with E-state index in [-0.39, 0.29) is 23.2 Å². The van der Waals surface area contributed by atoms with E-state index in [1.807, 2.05) is 0 Å². The molecule has 1 amide bonds. The van der Waals surface area contributed by atoms with E-state index < -0.39 is 19.9 Å². The normalized spacial score (nSPS) is 15.4. The van der Waals surface area contributed by atoms with Crippen molar-refractivity contribution >= 4 is 37.5 Å². The van der Waals surface area contributed by atoms with Crippen LogP contribution in [-0.4, -0.2) is 72.0 Å². The zero-order valence-corrected chi connectivity index (χ0v) is 19.8. The lowest BCUT2D eigenvalue weighted by atomic mass is 10.2. The number of carbonyl (C=O) groups is 1. The highest BCUT2D eigenvalue weighted by atomic mass is 32.2. The number of nitrogens with one attached hydrogen (secondary N) is 1. The molecule has 2 aromatic rings. The predicted octanol–water partition coefficient (Wildman–Crippen LogP) is 1.78. The zero-order valence-electron chi connectivity index (χ0n) is 18.1. The molecular formula is C22H26N2O7S2. The Morgan fingerprint density at radius 1 is 1.09 bits per heavy atom. The lowest BCUT2D eigenvalue weighted by Gasteiger charge is -2.26. The molecule has 1 saturated heterocycles. The number of amides is 1. The third-order valence-electron chi connectivity index (χ3n) is 4.74. The Bertz CT molecular complexity index is 1200. The molecule has 2 aromatic carbocycles.